The third-order valence-corrected chi connectivity index (χ3v) is 9.23. The minimum atomic E-state index is -0.0448. The van der Waals surface area contributed by atoms with Crippen LogP contribution in [0.1, 0.15) is 54.1 Å². The third-order valence-electron chi connectivity index (χ3n) is 9.23. The summed E-state index contributed by atoms with van der Waals surface area (Å²) in [4.78, 5) is 26.8. The number of carbonyl (C=O) groups excluding carboxylic acids is 2. The van der Waals surface area contributed by atoms with E-state index in [4.69, 9.17) is 15.6 Å². The van der Waals surface area contributed by atoms with E-state index in [1.165, 1.54) is 25.3 Å². The minimum Gasteiger partial charge on any atom is -0.494 e. The van der Waals surface area contributed by atoms with Gasteiger partial charge in [0.05, 0.1) is 18.4 Å². The number of hydrogen-bond acceptors (Lipinski definition) is 5. The van der Waals surface area contributed by atoms with Gasteiger partial charge in [-0.1, -0.05) is 30.3 Å². The van der Waals surface area contributed by atoms with Gasteiger partial charge in [-0.2, -0.15) is 5.10 Å². The summed E-state index contributed by atoms with van der Waals surface area (Å²) in [6, 6.07) is 19.0. The maximum Gasteiger partial charge on any atom is 0.255 e. The van der Waals surface area contributed by atoms with Gasteiger partial charge >= 0.3 is 0 Å². The van der Waals surface area contributed by atoms with Crippen LogP contribution in [-0.2, 0) is 17.9 Å². The Morgan fingerprint density at radius 1 is 1.07 bits per heavy atom. The molecule has 7 rings (SSSR count). The van der Waals surface area contributed by atoms with Crippen molar-refractivity contribution in [1.29, 1.82) is 0 Å². The van der Waals surface area contributed by atoms with Crippen LogP contribution in [-0.4, -0.2) is 57.1 Å². The molecule has 2 amide bonds. The van der Waals surface area contributed by atoms with Gasteiger partial charge in [-0.15, -0.1) is 0 Å². The molecule has 1 saturated heterocycles. The summed E-state index contributed by atoms with van der Waals surface area (Å²) >= 11 is 0. The number of nitrogens with one attached hydrogen (secondary N) is 1. The van der Waals surface area contributed by atoms with E-state index < -0.39 is 0 Å². The molecular weight excluding hydrogens is 564 g/mol. The number of pyridine rings is 1. The Labute approximate surface area is 263 Å². The molecule has 0 spiro atoms. The van der Waals surface area contributed by atoms with Gasteiger partial charge in [0, 0.05) is 61.8 Å². The van der Waals surface area contributed by atoms with Crippen molar-refractivity contribution in [3.05, 3.63) is 77.5 Å². The van der Waals surface area contributed by atoms with Crippen molar-refractivity contribution in [2.45, 2.75) is 58.7 Å². The molecule has 0 unspecified atom stereocenters. The number of rotatable bonds is 8. The number of nitrogens with two attached hydrogens (primary N) is 1. The number of piperidine rings is 1. The minimum absolute atomic E-state index is 0.00783. The molecule has 2 fully saturated rings. The smallest absolute Gasteiger partial charge is 0.255 e. The molecule has 232 valence electrons. The zero-order valence-electron chi connectivity index (χ0n) is 26.2. The average Bonchev–Trinajstić information content (AvgIpc) is 3.72. The average molecular weight is 605 g/mol. The summed E-state index contributed by atoms with van der Waals surface area (Å²) in [5.41, 5.74) is 15.0. The monoisotopic (exact) mass is 604 g/mol. The highest BCUT2D eigenvalue weighted by molar-refractivity contribution is 5.96. The van der Waals surface area contributed by atoms with Gasteiger partial charge in [0.15, 0.2) is 0 Å². The second-order valence-electron chi connectivity index (χ2n) is 12.7. The van der Waals surface area contributed by atoms with Crippen molar-refractivity contribution in [2.24, 2.45) is 11.7 Å². The van der Waals surface area contributed by atoms with Crippen LogP contribution in [0.3, 0.4) is 0 Å². The largest absolute Gasteiger partial charge is 0.494 e. The maximum absolute atomic E-state index is 13.5. The predicted octanol–water partition coefficient (Wildman–Crippen LogP) is 5.55. The van der Waals surface area contributed by atoms with E-state index in [-0.39, 0.29) is 17.9 Å². The van der Waals surface area contributed by atoms with Crippen LogP contribution < -0.4 is 15.8 Å². The number of aromatic nitrogens is 3. The molecule has 1 aliphatic heterocycles. The fraction of sp³-hybridized carbons (Fsp3) is 0.361. The van der Waals surface area contributed by atoms with Crippen molar-refractivity contribution >= 4 is 28.2 Å². The second-order valence-corrected chi connectivity index (χ2v) is 12.7. The van der Waals surface area contributed by atoms with Gasteiger partial charge in [-0.05, 0) is 79.5 Å². The molecule has 0 bridgehead atoms. The van der Waals surface area contributed by atoms with E-state index >= 15 is 0 Å². The molecule has 1 atom stereocenters. The Kier molecular flexibility index (Phi) is 7.57. The van der Waals surface area contributed by atoms with Gasteiger partial charge in [0.25, 0.3) is 5.91 Å². The SMILES string of the molecule is COc1cc(C(=O)N2CCC[C@@H](N)C2)cn2nc(-c3cc4ccc(-c5cccc(CNC(C)=O)c5)cc4n3CC3CC3)c(C)c12. The lowest BCUT2D eigenvalue weighted by Gasteiger charge is -2.30. The molecule has 0 radical (unpaired) electrons. The molecule has 45 heavy (non-hydrogen) atoms. The van der Waals surface area contributed by atoms with E-state index in [0.29, 0.717) is 36.9 Å². The van der Waals surface area contributed by atoms with Gasteiger partial charge in [-0.3, -0.25) is 9.59 Å². The number of aryl methyl sites for hydroxylation is 1. The first kappa shape index (κ1) is 29.1. The number of methoxy groups -OCH3 is 1. The fourth-order valence-electron chi connectivity index (χ4n) is 6.65. The van der Waals surface area contributed by atoms with Crippen molar-refractivity contribution in [2.75, 3.05) is 20.2 Å². The summed E-state index contributed by atoms with van der Waals surface area (Å²) in [5.74, 6) is 1.19. The van der Waals surface area contributed by atoms with Gasteiger partial charge < -0.3 is 25.3 Å². The lowest BCUT2D eigenvalue weighted by Crippen LogP contribution is -2.45. The van der Waals surface area contributed by atoms with Crippen LogP contribution in [0.25, 0.3) is 38.9 Å². The van der Waals surface area contributed by atoms with Gasteiger partial charge in [0.2, 0.25) is 5.91 Å². The van der Waals surface area contributed by atoms with Crippen molar-refractivity contribution in [3.63, 3.8) is 0 Å². The lowest BCUT2D eigenvalue weighted by molar-refractivity contribution is -0.119. The molecule has 4 heterocycles. The topological polar surface area (TPSA) is 107 Å². The fourth-order valence-corrected chi connectivity index (χ4v) is 6.65. The highest BCUT2D eigenvalue weighted by Gasteiger charge is 2.28. The highest BCUT2D eigenvalue weighted by atomic mass is 16.5. The number of nitrogens with zero attached hydrogens (tertiary/aromatic N) is 4. The number of benzene rings is 2. The van der Waals surface area contributed by atoms with Crippen LogP contribution in [0.5, 0.6) is 5.75 Å². The van der Waals surface area contributed by atoms with Crippen LogP contribution in [0, 0.1) is 12.8 Å². The Balaban J connectivity index is 1.31. The standard InChI is InChI=1S/C36H40N6O3/c1-22-34(39-42-20-29(17-33(45-3)35(22)42)36(44)40-13-5-8-30(37)21-40)32-16-28-12-11-27(15-31(28)41(32)19-24-9-10-24)26-7-4-6-25(14-26)18-38-23(2)43/h4,6-7,11-12,14-17,20,24,30H,5,8-10,13,18-19,21,37H2,1-3H3,(H,38,43)/t30-/m1/s1. The summed E-state index contributed by atoms with van der Waals surface area (Å²) < 4.78 is 10.1. The van der Waals surface area contributed by atoms with Crippen molar-refractivity contribution in [3.8, 4) is 28.3 Å². The Morgan fingerprint density at radius 3 is 2.64 bits per heavy atom. The van der Waals surface area contributed by atoms with Gasteiger partial charge in [-0.25, -0.2) is 4.52 Å². The molecule has 2 aliphatic rings. The van der Waals surface area contributed by atoms with Crippen LogP contribution in [0.4, 0.5) is 0 Å². The molecule has 1 saturated carbocycles. The molecule has 3 N–H and O–H groups in total. The van der Waals surface area contributed by atoms with Crippen LogP contribution in [0.2, 0.25) is 0 Å². The lowest BCUT2D eigenvalue weighted by atomic mass is 10.0. The van der Waals surface area contributed by atoms with E-state index in [2.05, 4.69) is 53.2 Å². The molecule has 2 aromatic carbocycles. The molecule has 9 heteroatoms. The first-order chi connectivity index (χ1) is 21.8. The molecule has 9 nitrogen and oxygen atoms in total. The van der Waals surface area contributed by atoms with E-state index in [1.54, 1.807) is 7.11 Å². The Hall–Kier alpha value is -4.63. The summed E-state index contributed by atoms with van der Waals surface area (Å²) in [5, 5.41) is 9.14. The van der Waals surface area contributed by atoms with Crippen molar-refractivity contribution < 1.29 is 14.3 Å². The maximum atomic E-state index is 13.5. The van der Waals surface area contributed by atoms with Crippen molar-refractivity contribution in [1.82, 2.24) is 24.4 Å². The zero-order valence-corrected chi connectivity index (χ0v) is 26.2. The van der Waals surface area contributed by atoms with Gasteiger partial charge in [0.1, 0.15) is 17.0 Å². The quantitative estimate of drug-likeness (QED) is 0.242. The van der Waals surface area contributed by atoms with Crippen LogP contribution >= 0.6 is 0 Å². The van der Waals surface area contributed by atoms with E-state index in [0.717, 1.165) is 63.9 Å². The molecule has 5 aromatic rings. The second kappa shape index (κ2) is 11.7. The first-order valence-electron chi connectivity index (χ1n) is 15.9. The van der Waals surface area contributed by atoms with Crippen LogP contribution in [0.15, 0.2) is 60.8 Å². The normalized spacial score (nSPS) is 16.8. The molecular formula is C36H40N6O3. The zero-order chi connectivity index (χ0) is 31.2. The Morgan fingerprint density at radius 2 is 1.89 bits per heavy atom. The van der Waals surface area contributed by atoms with E-state index in [9.17, 15) is 9.59 Å². The Bertz CT molecular complexity index is 1930. The number of likely N-dealkylation sites (tertiary alicyclic amines) is 1. The summed E-state index contributed by atoms with van der Waals surface area (Å²) in [6.45, 7) is 6.31. The number of carbonyl (C=O) groups is 2. The number of ether oxygens (including phenoxy) is 1. The molecule has 3 aromatic heterocycles. The summed E-state index contributed by atoms with van der Waals surface area (Å²) in [7, 11) is 1.64. The predicted molar refractivity (Wildman–Crippen MR) is 176 cm³/mol. The number of fused-ring (bicyclic) bond motifs is 2. The summed E-state index contributed by atoms with van der Waals surface area (Å²) in [6.07, 6.45) is 6.14. The molecule has 1 aliphatic carbocycles. The third kappa shape index (κ3) is 5.68. The first-order valence-corrected chi connectivity index (χ1v) is 15.9. The number of amides is 2. The van der Waals surface area contributed by atoms with E-state index in [1.807, 2.05) is 33.8 Å². The highest BCUT2D eigenvalue weighted by Crippen LogP contribution is 2.39. The number of hydrogen-bond donors (Lipinski definition) is 2.